The molecule has 5 nitrogen and oxygen atoms in total. The number of pyridine rings is 1. The van der Waals surface area contributed by atoms with E-state index in [4.69, 9.17) is 9.47 Å². The molecule has 1 N–H and O–H groups in total. The Bertz CT molecular complexity index is 686. The first-order valence-electron chi connectivity index (χ1n) is 7.75. The Balaban J connectivity index is 1.83. The van der Waals surface area contributed by atoms with Crippen LogP contribution in [0.5, 0.6) is 11.5 Å². The van der Waals surface area contributed by atoms with Crippen molar-refractivity contribution < 1.29 is 14.3 Å². The van der Waals surface area contributed by atoms with Gasteiger partial charge in [0, 0.05) is 18.0 Å². The van der Waals surface area contributed by atoms with Gasteiger partial charge < -0.3 is 14.8 Å². The van der Waals surface area contributed by atoms with Crippen LogP contribution in [0.4, 0.5) is 0 Å². The minimum absolute atomic E-state index is 0.105. The van der Waals surface area contributed by atoms with Crippen molar-refractivity contribution in [1.29, 1.82) is 0 Å². The topological polar surface area (TPSA) is 60.5 Å². The largest absolute Gasteiger partial charge is 0.486 e. The smallest absolute Gasteiger partial charge is 0.251 e. The lowest BCUT2D eigenvalue weighted by atomic mass is 9.95. The first-order valence-corrected chi connectivity index (χ1v) is 7.75. The van der Waals surface area contributed by atoms with Crippen LogP contribution < -0.4 is 14.8 Å². The fourth-order valence-electron chi connectivity index (χ4n) is 2.62. The molecule has 1 unspecified atom stereocenters. The highest BCUT2D eigenvalue weighted by Gasteiger charge is 2.21. The third-order valence-electron chi connectivity index (χ3n) is 3.82. The highest BCUT2D eigenvalue weighted by Crippen LogP contribution is 2.34. The average Bonchev–Trinajstić information content (AvgIpc) is 2.59. The number of hydrogen-bond donors (Lipinski definition) is 1. The quantitative estimate of drug-likeness (QED) is 0.943. The summed E-state index contributed by atoms with van der Waals surface area (Å²) >= 11 is 0. The Labute approximate surface area is 135 Å². The zero-order chi connectivity index (χ0) is 16.2. The van der Waals surface area contributed by atoms with E-state index in [1.807, 2.05) is 18.2 Å². The highest BCUT2D eigenvalue weighted by atomic mass is 16.6. The van der Waals surface area contributed by atoms with Gasteiger partial charge in [-0.25, -0.2) is 0 Å². The van der Waals surface area contributed by atoms with Gasteiger partial charge in [-0.1, -0.05) is 19.9 Å². The van der Waals surface area contributed by atoms with Gasteiger partial charge in [-0.2, -0.15) is 0 Å². The SMILES string of the molecule is CC(C)C(NC(=O)c1ccncc1)c1ccc2c(c1)OCCO2. The number of nitrogens with one attached hydrogen (secondary N) is 1. The second-order valence-electron chi connectivity index (χ2n) is 5.83. The lowest BCUT2D eigenvalue weighted by Gasteiger charge is -2.25. The van der Waals surface area contributed by atoms with E-state index < -0.39 is 0 Å². The molecule has 120 valence electrons. The van der Waals surface area contributed by atoms with Crippen molar-refractivity contribution in [2.45, 2.75) is 19.9 Å². The van der Waals surface area contributed by atoms with E-state index in [2.05, 4.69) is 24.1 Å². The third-order valence-corrected chi connectivity index (χ3v) is 3.82. The molecule has 23 heavy (non-hydrogen) atoms. The molecule has 2 aromatic rings. The third kappa shape index (κ3) is 3.44. The molecule has 0 spiro atoms. The Kier molecular flexibility index (Phi) is 4.46. The molecule has 0 saturated carbocycles. The number of hydrogen-bond acceptors (Lipinski definition) is 4. The van der Waals surface area contributed by atoms with Gasteiger partial charge in [0.25, 0.3) is 5.91 Å². The Hall–Kier alpha value is -2.56. The van der Waals surface area contributed by atoms with E-state index >= 15 is 0 Å². The summed E-state index contributed by atoms with van der Waals surface area (Å²) in [5.74, 6) is 1.62. The molecule has 0 aliphatic carbocycles. The summed E-state index contributed by atoms with van der Waals surface area (Å²) in [6, 6.07) is 9.13. The molecule has 0 fully saturated rings. The van der Waals surface area contributed by atoms with Gasteiger partial charge in [-0.05, 0) is 35.7 Å². The number of rotatable bonds is 4. The number of carbonyl (C=O) groups is 1. The first kappa shape index (κ1) is 15.3. The van der Waals surface area contributed by atoms with Crippen LogP contribution in [0.15, 0.2) is 42.7 Å². The minimum atomic E-state index is -0.110. The van der Waals surface area contributed by atoms with Crippen LogP contribution in [0, 0.1) is 5.92 Å². The van der Waals surface area contributed by atoms with Crippen LogP contribution in [-0.4, -0.2) is 24.1 Å². The zero-order valence-electron chi connectivity index (χ0n) is 13.3. The molecule has 2 heterocycles. The van der Waals surface area contributed by atoms with Gasteiger partial charge in [0.2, 0.25) is 0 Å². The van der Waals surface area contributed by atoms with Crippen LogP contribution in [0.1, 0.15) is 35.8 Å². The van der Waals surface area contributed by atoms with Crippen LogP contribution in [0.3, 0.4) is 0 Å². The van der Waals surface area contributed by atoms with Gasteiger partial charge in [0.05, 0.1) is 6.04 Å². The fraction of sp³-hybridized carbons (Fsp3) is 0.333. The van der Waals surface area contributed by atoms with Crippen molar-refractivity contribution in [2.24, 2.45) is 5.92 Å². The lowest BCUT2D eigenvalue weighted by Crippen LogP contribution is -2.31. The number of aromatic nitrogens is 1. The Morgan fingerprint density at radius 1 is 1.09 bits per heavy atom. The van der Waals surface area contributed by atoms with E-state index in [1.165, 1.54) is 0 Å². The van der Waals surface area contributed by atoms with Crippen LogP contribution in [0.25, 0.3) is 0 Å². The first-order chi connectivity index (χ1) is 11.1. The van der Waals surface area contributed by atoms with Crippen molar-refractivity contribution >= 4 is 5.91 Å². The molecule has 1 atom stereocenters. The summed E-state index contributed by atoms with van der Waals surface area (Å²) in [4.78, 5) is 16.4. The van der Waals surface area contributed by atoms with Gasteiger partial charge in [-0.3, -0.25) is 9.78 Å². The summed E-state index contributed by atoms with van der Waals surface area (Å²) in [6.07, 6.45) is 3.23. The predicted molar refractivity (Wildman–Crippen MR) is 86.7 cm³/mol. The molecule has 1 aliphatic rings. The number of nitrogens with zero attached hydrogens (tertiary/aromatic N) is 1. The maximum absolute atomic E-state index is 12.4. The molecule has 1 aromatic heterocycles. The Morgan fingerprint density at radius 3 is 2.48 bits per heavy atom. The number of benzene rings is 1. The van der Waals surface area contributed by atoms with Crippen LogP contribution in [-0.2, 0) is 0 Å². The summed E-state index contributed by atoms with van der Waals surface area (Å²) in [5.41, 5.74) is 1.61. The molecule has 0 radical (unpaired) electrons. The molecule has 5 heteroatoms. The second-order valence-corrected chi connectivity index (χ2v) is 5.83. The van der Waals surface area contributed by atoms with Crippen LogP contribution >= 0.6 is 0 Å². The molecule has 3 rings (SSSR count). The summed E-state index contributed by atoms with van der Waals surface area (Å²) in [6.45, 7) is 5.27. The molecule has 1 aromatic carbocycles. The number of carbonyl (C=O) groups excluding carboxylic acids is 1. The van der Waals surface area contributed by atoms with Crippen molar-refractivity contribution in [3.63, 3.8) is 0 Å². The molecule has 1 aliphatic heterocycles. The summed E-state index contributed by atoms with van der Waals surface area (Å²) in [5, 5.41) is 3.09. The maximum Gasteiger partial charge on any atom is 0.251 e. The normalized spacial score (nSPS) is 14.4. The summed E-state index contributed by atoms with van der Waals surface area (Å²) < 4.78 is 11.2. The number of fused-ring (bicyclic) bond motifs is 1. The van der Waals surface area contributed by atoms with Gasteiger partial charge in [0.1, 0.15) is 13.2 Å². The van der Waals surface area contributed by atoms with Crippen molar-refractivity contribution in [3.8, 4) is 11.5 Å². The lowest BCUT2D eigenvalue weighted by molar-refractivity contribution is 0.0925. The fourth-order valence-corrected chi connectivity index (χ4v) is 2.62. The van der Waals surface area contributed by atoms with Crippen molar-refractivity contribution in [1.82, 2.24) is 10.3 Å². The molecule has 0 saturated heterocycles. The van der Waals surface area contributed by atoms with Gasteiger partial charge >= 0.3 is 0 Å². The predicted octanol–water partition coefficient (Wildman–Crippen LogP) is 2.98. The molecule has 1 amide bonds. The van der Waals surface area contributed by atoms with E-state index in [1.54, 1.807) is 24.5 Å². The van der Waals surface area contributed by atoms with E-state index in [0.717, 1.165) is 17.1 Å². The monoisotopic (exact) mass is 312 g/mol. The van der Waals surface area contributed by atoms with Crippen molar-refractivity contribution in [2.75, 3.05) is 13.2 Å². The van der Waals surface area contributed by atoms with Crippen LogP contribution in [0.2, 0.25) is 0 Å². The molecular weight excluding hydrogens is 292 g/mol. The van der Waals surface area contributed by atoms with E-state index in [9.17, 15) is 4.79 Å². The maximum atomic E-state index is 12.4. The zero-order valence-corrected chi connectivity index (χ0v) is 13.3. The average molecular weight is 312 g/mol. The van der Waals surface area contributed by atoms with E-state index in [0.29, 0.717) is 18.8 Å². The standard InChI is InChI=1S/C18H20N2O3/c1-12(2)17(20-18(21)13-5-7-19-8-6-13)14-3-4-15-16(11-14)23-10-9-22-15/h3-8,11-12,17H,9-10H2,1-2H3,(H,20,21). The van der Waals surface area contributed by atoms with Gasteiger partial charge in [-0.15, -0.1) is 0 Å². The van der Waals surface area contributed by atoms with Gasteiger partial charge in [0.15, 0.2) is 11.5 Å². The number of ether oxygens (including phenoxy) is 2. The Morgan fingerprint density at radius 2 is 1.78 bits per heavy atom. The van der Waals surface area contributed by atoms with E-state index in [-0.39, 0.29) is 17.9 Å². The second kappa shape index (κ2) is 6.69. The molecular formula is C18H20N2O3. The molecule has 0 bridgehead atoms. The minimum Gasteiger partial charge on any atom is -0.486 e. The highest BCUT2D eigenvalue weighted by molar-refractivity contribution is 5.94. The van der Waals surface area contributed by atoms with Crippen molar-refractivity contribution in [3.05, 3.63) is 53.9 Å². The number of amides is 1. The summed E-state index contributed by atoms with van der Waals surface area (Å²) in [7, 11) is 0.